The molecule has 3 heteroatoms. The average molecular weight is 459 g/mol. The fourth-order valence-corrected chi connectivity index (χ4v) is 11.3. The van der Waals surface area contributed by atoms with Crippen molar-refractivity contribution in [2.45, 2.75) is 119 Å². The van der Waals surface area contributed by atoms with Gasteiger partial charge in [-0.05, 0) is 103 Å². The second-order valence-corrected chi connectivity index (χ2v) is 15.2. The van der Waals surface area contributed by atoms with Crippen molar-refractivity contribution in [2.75, 3.05) is 6.61 Å². The summed E-state index contributed by atoms with van der Waals surface area (Å²) in [7, 11) is 0. The molecule has 11 atom stereocenters. The van der Waals surface area contributed by atoms with Gasteiger partial charge in [-0.3, -0.25) is 4.79 Å². The predicted molar refractivity (Wildman–Crippen MR) is 133 cm³/mol. The first-order valence-electron chi connectivity index (χ1n) is 14.0. The van der Waals surface area contributed by atoms with E-state index in [4.69, 9.17) is 0 Å². The van der Waals surface area contributed by atoms with Gasteiger partial charge >= 0.3 is 0 Å². The molecule has 0 aromatic carbocycles. The zero-order chi connectivity index (χ0) is 24.2. The topological polar surface area (TPSA) is 57.5 Å². The monoisotopic (exact) mass is 458 g/mol. The Balaban J connectivity index is 1.58. The molecule has 5 aliphatic carbocycles. The number of carbonyl (C=O) groups is 1. The van der Waals surface area contributed by atoms with Crippen LogP contribution in [-0.2, 0) is 4.79 Å². The summed E-state index contributed by atoms with van der Waals surface area (Å²) < 4.78 is 0. The third-order valence-corrected chi connectivity index (χ3v) is 14.0. The molecular formula is C30H50O3. The van der Waals surface area contributed by atoms with E-state index in [0.717, 1.165) is 51.4 Å². The lowest BCUT2D eigenvalue weighted by molar-refractivity contribution is -0.292. The molecule has 5 aliphatic rings. The predicted octanol–water partition coefficient (Wildman–Crippen LogP) is 6.40. The number of hydrogen-bond donors (Lipinski definition) is 2. The summed E-state index contributed by atoms with van der Waals surface area (Å²) >= 11 is 0. The molecule has 3 nitrogen and oxygen atoms in total. The molecule has 0 aromatic heterocycles. The van der Waals surface area contributed by atoms with Gasteiger partial charge in [-0.25, -0.2) is 0 Å². The van der Waals surface area contributed by atoms with Crippen molar-refractivity contribution in [1.82, 2.24) is 0 Å². The van der Waals surface area contributed by atoms with Gasteiger partial charge in [0.05, 0.1) is 6.10 Å². The Morgan fingerprint density at radius 2 is 1.52 bits per heavy atom. The fourth-order valence-electron chi connectivity index (χ4n) is 11.3. The van der Waals surface area contributed by atoms with Crippen molar-refractivity contribution in [2.24, 2.45) is 56.2 Å². The summed E-state index contributed by atoms with van der Waals surface area (Å²) in [6, 6.07) is 0. The molecule has 0 spiro atoms. The third-order valence-electron chi connectivity index (χ3n) is 14.0. The van der Waals surface area contributed by atoms with Gasteiger partial charge in [-0.15, -0.1) is 0 Å². The molecular weight excluding hydrogens is 408 g/mol. The number of ketones is 1. The van der Waals surface area contributed by atoms with Crippen LogP contribution in [0.3, 0.4) is 0 Å². The van der Waals surface area contributed by atoms with E-state index in [-0.39, 0.29) is 51.1 Å². The summed E-state index contributed by atoms with van der Waals surface area (Å²) in [6.07, 6.45) is 10.4. The van der Waals surface area contributed by atoms with Crippen LogP contribution >= 0.6 is 0 Å². The Labute approximate surface area is 202 Å². The highest BCUT2D eigenvalue weighted by Crippen LogP contribution is 2.78. The number of aliphatic hydroxyl groups is 2. The van der Waals surface area contributed by atoms with Crippen molar-refractivity contribution in [3.05, 3.63) is 0 Å². The lowest BCUT2D eigenvalue weighted by atomic mass is 9.29. The SMILES string of the molecule is C[C@H]1C(=O)CCC2[C@]3(C)CC[C@@]4(C)[C@@H]5C[C@](C)(CO)CC[C@]5(C)C[C@H](O)[C@]4(C)C3CC[C@@]21C. The number of carbonyl (C=O) groups excluding carboxylic acids is 1. The van der Waals surface area contributed by atoms with Crippen LogP contribution in [0, 0.1) is 56.2 Å². The summed E-state index contributed by atoms with van der Waals surface area (Å²) in [5, 5.41) is 22.3. The van der Waals surface area contributed by atoms with Gasteiger partial charge in [-0.1, -0.05) is 48.5 Å². The zero-order valence-electron chi connectivity index (χ0n) is 22.5. The van der Waals surface area contributed by atoms with Crippen LogP contribution in [0.2, 0.25) is 0 Å². The Hall–Kier alpha value is -0.410. The summed E-state index contributed by atoms with van der Waals surface area (Å²) in [4.78, 5) is 12.7. The minimum atomic E-state index is -0.265. The quantitative estimate of drug-likeness (QED) is 0.478. The van der Waals surface area contributed by atoms with E-state index in [1.54, 1.807) is 0 Å². The molecule has 0 bridgehead atoms. The first-order valence-corrected chi connectivity index (χ1v) is 14.0. The van der Waals surface area contributed by atoms with E-state index in [1.807, 2.05) is 0 Å². The molecule has 0 amide bonds. The van der Waals surface area contributed by atoms with E-state index in [0.29, 0.717) is 23.5 Å². The lowest BCUT2D eigenvalue weighted by Crippen LogP contribution is -2.71. The van der Waals surface area contributed by atoms with Crippen LogP contribution in [0.5, 0.6) is 0 Å². The summed E-state index contributed by atoms with van der Waals surface area (Å²) in [5.74, 6) is 2.27. The molecule has 0 saturated heterocycles. The molecule has 2 unspecified atom stereocenters. The molecule has 0 heterocycles. The molecule has 33 heavy (non-hydrogen) atoms. The first-order chi connectivity index (χ1) is 15.2. The average Bonchev–Trinajstić information content (AvgIpc) is 2.76. The van der Waals surface area contributed by atoms with Crippen LogP contribution in [0.15, 0.2) is 0 Å². The van der Waals surface area contributed by atoms with Crippen molar-refractivity contribution < 1.29 is 15.0 Å². The molecule has 0 aromatic rings. The highest BCUT2D eigenvalue weighted by Gasteiger charge is 2.73. The largest absolute Gasteiger partial charge is 0.396 e. The Bertz CT molecular complexity index is 838. The Morgan fingerprint density at radius 3 is 2.18 bits per heavy atom. The number of rotatable bonds is 1. The smallest absolute Gasteiger partial charge is 0.136 e. The van der Waals surface area contributed by atoms with Crippen molar-refractivity contribution >= 4 is 5.78 Å². The van der Waals surface area contributed by atoms with E-state index >= 15 is 0 Å². The molecule has 0 radical (unpaired) electrons. The van der Waals surface area contributed by atoms with Gasteiger partial charge in [0.25, 0.3) is 0 Å². The van der Waals surface area contributed by atoms with Gasteiger partial charge in [0.15, 0.2) is 0 Å². The number of fused-ring (bicyclic) bond motifs is 7. The lowest BCUT2D eigenvalue weighted by Gasteiger charge is -2.75. The Morgan fingerprint density at radius 1 is 0.818 bits per heavy atom. The fraction of sp³-hybridized carbons (Fsp3) is 0.967. The highest BCUT2D eigenvalue weighted by atomic mass is 16.3. The third kappa shape index (κ3) is 2.85. The first kappa shape index (κ1) is 24.3. The van der Waals surface area contributed by atoms with Gasteiger partial charge in [0.2, 0.25) is 0 Å². The second kappa shape index (κ2) is 7.09. The number of aliphatic hydroxyl groups excluding tert-OH is 2. The minimum absolute atomic E-state index is 0.0153. The zero-order valence-corrected chi connectivity index (χ0v) is 22.5. The Kier molecular flexibility index (Phi) is 5.22. The van der Waals surface area contributed by atoms with Crippen LogP contribution < -0.4 is 0 Å². The van der Waals surface area contributed by atoms with E-state index in [2.05, 4.69) is 48.5 Å². The minimum Gasteiger partial charge on any atom is -0.396 e. The normalized spacial score (nSPS) is 60.9. The molecule has 188 valence electrons. The van der Waals surface area contributed by atoms with Crippen LogP contribution in [0.1, 0.15) is 113 Å². The van der Waals surface area contributed by atoms with Gasteiger partial charge in [0.1, 0.15) is 5.78 Å². The number of hydrogen-bond acceptors (Lipinski definition) is 3. The van der Waals surface area contributed by atoms with Crippen molar-refractivity contribution in [3.63, 3.8) is 0 Å². The maximum absolute atomic E-state index is 12.7. The maximum Gasteiger partial charge on any atom is 0.136 e. The summed E-state index contributed by atoms with van der Waals surface area (Å²) in [6.45, 7) is 17.2. The highest BCUT2D eigenvalue weighted by molar-refractivity contribution is 5.82. The summed E-state index contributed by atoms with van der Waals surface area (Å²) in [5.41, 5.74) is 0.472. The molecule has 5 fully saturated rings. The maximum atomic E-state index is 12.7. The van der Waals surface area contributed by atoms with Crippen LogP contribution in [-0.4, -0.2) is 28.7 Å². The van der Waals surface area contributed by atoms with E-state index < -0.39 is 0 Å². The van der Waals surface area contributed by atoms with E-state index in [1.165, 1.54) is 12.8 Å². The van der Waals surface area contributed by atoms with Crippen LogP contribution in [0.25, 0.3) is 0 Å². The molecule has 2 N–H and O–H groups in total. The van der Waals surface area contributed by atoms with Crippen LogP contribution in [0.4, 0.5) is 0 Å². The van der Waals surface area contributed by atoms with Gasteiger partial charge in [0, 0.05) is 24.4 Å². The molecule has 5 saturated carbocycles. The van der Waals surface area contributed by atoms with Crippen molar-refractivity contribution in [1.29, 1.82) is 0 Å². The standard InChI is InChI=1S/C30H50O3/c1-19-20(32)8-9-21-27(19,4)11-10-22-28(21,5)14-15-29(6)23-16-25(2,18-31)12-13-26(23,3)17-24(33)30(22,29)7/h19,21-24,31,33H,8-18H2,1-7H3/t19-,21?,22?,23+,24-,25+,26+,27+,28-,29-,30-/m0/s1. The van der Waals surface area contributed by atoms with Gasteiger partial charge in [-0.2, -0.15) is 0 Å². The van der Waals surface area contributed by atoms with Crippen molar-refractivity contribution in [3.8, 4) is 0 Å². The number of Topliss-reactive ketones (excluding diaryl/α,β-unsaturated/α-hetero) is 1. The second-order valence-electron chi connectivity index (χ2n) is 15.2. The molecule has 5 rings (SSSR count). The van der Waals surface area contributed by atoms with Gasteiger partial charge < -0.3 is 10.2 Å². The molecule has 0 aliphatic heterocycles. The van der Waals surface area contributed by atoms with E-state index in [9.17, 15) is 15.0 Å².